The average Bonchev–Trinajstić information content (AvgIpc) is 3.15. The molecule has 1 fully saturated rings. The molecule has 1 aliphatic rings. The van der Waals surface area contributed by atoms with Crippen molar-refractivity contribution in [2.45, 2.75) is 38.3 Å². The van der Waals surface area contributed by atoms with E-state index in [4.69, 9.17) is 4.52 Å². The molecule has 140 valence electrons. The molecular weight excluding hydrogens is 372 g/mol. The number of hydrogen-bond acceptors (Lipinski definition) is 5. The number of hydrogen-bond donors (Lipinski definition) is 0. The van der Waals surface area contributed by atoms with Crippen molar-refractivity contribution >= 4 is 17.2 Å². The van der Waals surface area contributed by atoms with Crippen molar-refractivity contribution in [2.24, 2.45) is 0 Å². The Morgan fingerprint density at radius 3 is 2.85 bits per heavy atom. The summed E-state index contributed by atoms with van der Waals surface area (Å²) in [7, 11) is 0. The van der Waals surface area contributed by atoms with Crippen LogP contribution in [-0.4, -0.2) is 27.0 Å². The van der Waals surface area contributed by atoms with Crippen molar-refractivity contribution in [1.82, 2.24) is 15.0 Å². The lowest BCUT2D eigenvalue weighted by molar-refractivity contribution is -0.132. The van der Waals surface area contributed by atoms with Gasteiger partial charge in [0.1, 0.15) is 11.6 Å². The molecule has 2 heterocycles. The van der Waals surface area contributed by atoms with Gasteiger partial charge in [0, 0.05) is 48.0 Å². The van der Waals surface area contributed by atoms with Crippen LogP contribution in [0.25, 0.3) is 11.4 Å². The van der Waals surface area contributed by atoms with Gasteiger partial charge >= 0.3 is 0 Å². The Kier molecular flexibility index (Phi) is 4.98. The lowest BCUT2D eigenvalue weighted by Crippen LogP contribution is -2.33. The third-order valence-electron chi connectivity index (χ3n) is 4.46. The van der Waals surface area contributed by atoms with Crippen LogP contribution in [0.4, 0.5) is 8.78 Å². The molecule has 0 saturated heterocycles. The maximum Gasteiger partial charge on any atom is 0.227 e. The molecular formula is C19H17F2N3O2S. The van der Waals surface area contributed by atoms with Gasteiger partial charge in [-0.15, -0.1) is 0 Å². The van der Waals surface area contributed by atoms with Crippen molar-refractivity contribution in [3.63, 3.8) is 0 Å². The molecule has 0 spiro atoms. The molecule has 0 unspecified atom stereocenters. The summed E-state index contributed by atoms with van der Waals surface area (Å²) in [4.78, 5) is 18.6. The minimum atomic E-state index is -0.634. The molecule has 5 nitrogen and oxygen atoms in total. The molecule has 4 rings (SSSR count). The van der Waals surface area contributed by atoms with E-state index in [0.717, 1.165) is 24.5 Å². The van der Waals surface area contributed by atoms with E-state index >= 15 is 0 Å². The Labute approximate surface area is 158 Å². The summed E-state index contributed by atoms with van der Waals surface area (Å²) in [5.74, 6) is -0.458. The molecule has 8 heteroatoms. The lowest BCUT2D eigenvalue weighted by atomic mass is 10.1. The van der Waals surface area contributed by atoms with Gasteiger partial charge in [0.05, 0.1) is 0 Å². The monoisotopic (exact) mass is 389 g/mol. The highest BCUT2D eigenvalue weighted by atomic mass is 32.1. The average molecular weight is 389 g/mol. The number of thiophene rings is 1. The van der Waals surface area contributed by atoms with E-state index in [9.17, 15) is 13.6 Å². The Balaban J connectivity index is 1.39. The molecule has 0 N–H and O–H groups in total. The first-order chi connectivity index (χ1) is 13.1. The van der Waals surface area contributed by atoms with Crippen LogP contribution in [0.3, 0.4) is 0 Å². The van der Waals surface area contributed by atoms with Gasteiger partial charge in [0.25, 0.3) is 0 Å². The van der Waals surface area contributed by atoms with E-state index in [0.29, 0.717) is 23.7 Å². The van der Waals surface area contributed by atoms with Gasteiger partial charge in [0.2, 0.25) is 17.6 Å². The summed E-state index contributed by atoms with van der Waals surface area (Å²) in [6.07, 6.45) is 2.32. The molecule has 1 aromatic carbocycles. The second kappa shape index (κ2) is 7.56. The Morgan fingerprint density at radius 1 is 1.30 bits per heavy atom. The molecule has 1 saturated carbocycles. The zero-order valence-electron chi connectivity index (χ0n) is 14.4. The van der Waals surface area contributed by atoms with Crippen LogP contribution in [0.2, 0.25) is 0 Å². The first-order valence-electron chi connectivity index (χ1n) is 8.68. The summed E-state index contributed by atoms with van der Waals surface area (Å²) >= 11 is 1.54. The number of halogens is 2. The number of rotatable bonds is 7. The van der Waals surface area contributed by atoms with E-state index in [1.807, 2.05) is 16.8 Å². The van der Waals surface area contributed by atoms with Gasteiger partial charge < -0.3 is 9.42 Å². The standard InChI is InChI=1S/C19H17F2N3O2S/c20-14-2-1-12(16(21)9-14)10-24(15-3-4-15)18(25)6-5-17-22-19(23-26-17)13-7-8-27-11-13/h1-2,7-9,11,15H,3-6,10H2. The molecule has 0 aliphatic heterocycles. The fourth-order valence-electron chi connectivity index (χ4n) is 2.86. The Bertz CT molecular complexity index is 938. The van der Waals surface area contributed by atoms with Crippen molar-refractivity contribution < 1.29 is 18.1 Å². The highest BCUT2D eigenvalue weighted by Crippen LogP contribution is 2.30. The quantitative estimate of drug-likeness (QED) is 0.608. The lowest BCUT2D eigenvalue weighted by Gasteiger charge is -2.22. The largest absolute Gasteiger partial charge is 0.339 e. The van der Waals surface area contributed by atoms with Gasteiger partial charge in [-0.05, 0) is 30.4 Å². The zero-order chi connectivity index (χ0) is 18.8. The number of carbonyl (C=O) groups excluding carboxylic acids is 1. The molecule has 3 aromatic rings. The number of aromatic nitrogens is 2. The van der Waals surface area contributed by atoms with Crippen molar-refractivity contribution in [2.75, 3.05) is 0 Å². The maximum atomic E-state index is 13.9. The third-order valence-corrected chi connectivity index (χ3v) is 5.15. The van der Waals surface area contributed by atoms with Gasteiger partial charge in [0.15, 0.2) is 0 Å². The Hall–Kier alpha value is -2.61. The normalized spacial score (nSPS) is 13.7. The zero-order valence-corrected chi connectivity index (χ0v) is 15.2. The number of benzene rings is 1. The van der Waals surface area contributed by atoms with E-state index in [1.165, 1.54) is 12.1 Å². The predicted octanol–water partition coefficient (Wildman–Crippen LogP) is 4.20. The Morgan fingerprint density at radius 2 is 2.15 bits per heavy atom. The van der Waals surface area contributed by atoms with Gasteiger partial charge in [-0.1, -0.05) is 11.2 Å². The number of aryl methyl sites for hydroxylation is 1. The SMILES string of the molecule is O=C(CCc1nc(-c2ccsc2)no1)N(Cc1ccc(F)cc1F)C1CC1. The van der Waals surface area contributed by atoms with Crippen LogP contribution in [0, 0.1) is 11.6 Å². The number of amides is 1. The van der Waals surface area contributed by atoms with E-state index < -0.39 is 11.6 Å². The molecule has 27 heavy (non-hydrogen) atoms. The summed E-state index contributed by atoms with van der Waals surface area (Å²) < 4.78 is 32.2. The second-order valence-electron chi connectivity index (χ2n) is 6.51. The third kappa shape index (κ3) is 4.21. The predicted molar refractivity (Wildman–Crippen MR) is 95.9 cm³/mol. The fraction of sp³-hybridized carbons (Fsp3) is 0.316. The first kappa shape index (κ1) is 17.8. The van der Waals surface area contributed by atoms with Crippen LogP contribution in [0.5, 0.6) is 0 Å². The van der Waals surface area contributed by atoms with Crippen LogP contribution < -0.4 is 0 Å². The molecule has 2 aromatic heterocycles. The van der Waals surface area contributed by atoms with Gasteiger partial charge in [-0.25, -0.2) is 8.78 Å². The van der Waals surface area contributed by atoms with E-state index in [-0.39, 0.29) is 24.9 Å². The van der Waals surface area contributed by atoms with Crippen LogP contribution >= 0.6 is 11.3 Å². The molecule has 1 amide bonds. The molecule has 1 aliphatic carbocycles. The van der Waals surface area contributed by atoms with Crippen molar-refractivity contribution in [3.8, 4) is 11.4 Å². The van der Waals surface area contributed by atoms with Crippen LogP contribution in [0.1, 0.15) is 30.7 Å². The first-order valence-corrected chi connectivity index (χ1v) is 9.63. The summed E-state index contributed by atoms with van der Waals surface area (Å²) in [5.41, 5.74) is 1.20. The highest BCUT2D eigenvalue weighted by Gasteiger charge is 2.33. The smallest absolute Gasteiger partial charge is 0.227 e. The van der Waals surface area contributed by atoms with E-state index in [1.54, 1.807) is 16.2 Å². The number of carbonyl (C=O) groups is 1. The minimum Gasteiger partial charge on any atom is -0.339 e. The maximum absolute atomic E-state index is 13.9. The molecule has 0 bridgehead atoms. The summed E-state index contributed by atoms with van der Waals surface area (Å²) in [6, 6.07) is 5.45. The highest BCUT2D eigenvalue weighted by molar-refractivity contribution is 7.08. The second-order valence-corrected chi connectivity index (χ2v) is 7.29. The van der Waals surface area contributed by atoms with Crippen LogP contribution in [0.15, 0.2) is 39.5 Å². The van der Waals surface area contributed by atoms with E-state index in [2.05, 4.69) is 10.1 Å². The van der Waals surface area contributed by atoms with Crippen molar-refractivity contribution in [3.05, 3.63) is 58.1 Å². The van der Waals surface area contributed by atoms with Gasteiger partial charge in [-0.2, -0.15) is 16.3 Å². The van der Waals surface area contributed by atoms with Gasteiger partial charge in [-0.3, -0.25) is 4.79 Å². The molecule has 0 radical (unpaired) electrons. The topological polar surface area (TPSA) is 59.2 Å². The summed E-state index contributed by atoms with van der Waals surface area (Å²) in [6.45, 7) is 0.138. The van der Waals surface area contributed by atoms with Crippen LogP contribution in [-0.2, 0) is 17.8 Å². The summed E-state index contributed by atoms with van der Waals surface area (Å²) in [5, 5.41) is 7.78. The van der Waals surface area contributed by atoms with Crippen molar-refractivity contribution in [1.29, 1.82) is 0 Å². The molecule has 0 atom stereocenters. The number of nitrogens with zero attached hydrogens (tertiary/aromatic N) is 3. The fourth-order valence-corrected chi connectivity index (χ4v) is 3.50. The minimum absolute atomic E-state index is 0.100.